The molecule has 20 heavy (non-hydrogen) atoms. The first kappa shape index (κ1) is 17.1. The van der Waals surface area contributed by atoms with E-state index in [0.29, 0.717) is 6.42 Å². The molecule has 0 aromatic heterocycles. The number of sulfonamides is 1. The van der Waals surface area contributed by atoms with Crippen molar-refractivity contribution in [1.29, 1.82) is 0 Å². The summed E-state index contributed by atoms with van der Waals surface area (Å²) in [5, 5.41) is 0. The van der Waals surface area contributed by atoms with Crippen molar-refractivity contribution in [3.63, 3.8) is 0 Å². The lowest BCUT2D eigenvalue weighted by Gasteiger charge is -2.25. The van der Waals surface area contributed by atoms with Crippen LogP contribution in [0.1, 0.15) is 24.9 Å². The molecule has 0 heterocycles. The summed E-state index contributed by atoms with van der Waals surface area (Å²) in [5.41, 5.74) is 0.782. The Bertz CT molecular complexity index is 514. The lowest BCUT2D eigenvalue weighted by molar-refractivity contribution is 0.386. The molecule has 6 heteroatoms. The van der Waals surface area contributed by atoms with E-state index in [-0.39, 0.29) is 17.6 Å². The van der Waals surface area contributed by atoms with Crippen LogP contribution >= 0.6 is 0 Å². The molecule has 1 rings (SSSR count). The SMILES string of the molecule is C[C@@H](c1ccc(F)cc1)N(C)S(=O)(=O)CCCN(C)C. The van der Waals surface area contributed by atoms with E-state index in [1.807, 2.05) is 19.0 Å². The predicted octanol–water partition coefficient (Wildman–Crippen LogP) is 2.10. The van der Waals surface area contributed by atoms with Crippen LogP contribution in [0.5, 0.6) is 0 Å². The quantitative estimate of drug-likeness (QED) is 0.774. The molecule has 0 radical (unpaired) electrons. The molecule has 114 valence electrons. The summed E-state index contributed by atoms with van der Waals surface area (Å²) in [6.07, 6.45) is 0.593. The molecule has 0 saturated heterocycles. The monoisotopic (exact) mass is 302 g/mol. The van der Waals surface area contributed by atoms with Gasteiger partial charge in [-0.3, -0.25) is 0 Å². The van der Waals surface area contributed by atoms with Crippen molar-refractivity contribution in [2.75, 3.05) is 33.4 Å². The largest absolute Gasteiger partial charge is 0.309 e. The van der Waals surface area contributed by atoms with E-state index in [2.05, 4.69) is 0 Å². The summed E-state index contributed by atoms with van der Waals surface area (Å²) in [7, 11) is 2.10. The summed E-state index contributed by atoms with van der Waals surface area (Å²) in [4.78, 5) is 1.96. The van der Waals surface area contributed by atoms with Crippen LogP contribution < -0.4 is 0 Å². The van der Waals surface area contributed by atoms with E-state index >= 15 is 0 Å². The normalized spacial score (nSPS) is 13.9. The van der Waals surface area contributed by atoms with Crippen LogP contribution in [0.4, 0.5) is 4.39 Å². The molecule has 0 aliphatic heterocycles. The van der Waals surface area contributed by atoms with E-state index in [1.54, 1.807) is 26.1 Å². The molecule has 4 nitrogen and oxygen atoms in total. The first-order chi connectivity index (χ1) is 9.24. The van der Waals surface area contributed by atoms with Gasteiger partial charge in [0.15, 0.2) is 0 Å². The van der Waals surface area contributed by atoms with Gasteiger partial charge in [-0.2, -0.15) is 4.31 Å². The van der Waals surface area contributed by atoms with Crippen molar-refractivity contribution in [3.8, 4) is 0 Å². The maximum Gasteiger partial charge on any atom is 0.214 e. The third-order valence-corrected chi connectivity index (χ3v) is 5.34. The number of nitrogens with zero attached hydrogens (tertiary/aromatic N) is 2. The Kier molecular flexibility index (Phi) is 6.10. The fourth-order valence-electron chi connectivity index (χ4n) is 1.90. The molecule has 0 aliphatic carbocycles. The van der Waals surface area contributed by atoms with Crippen molar-refractivity contribution in [1.82, 2.24) is 9.21 Å². The topological polar surface area (TPSA) is 40.6 Å². The zero-order valence-electron chi connectivity index (χ0n) is 12.5. The van der Waals surface area contributed by atoms with Crippen molar-refractivity contribution in [3.05, 3.63) is 35.6 Å². The van der Waals surface area contributed by atoms with Gasteiger partial charge in [0, 0.05) is 13.1 Å². The van der Waals surface area contributed by atoms with Gasteiger partial charge < -0.3 is 4.90 Å². The van der Waals surface area contributed by atoms with Crippen molar-refractivity contribution in [2.24, 2.45) is 0 Å². The molecule has 0 amide bonds. The van der Waals surface area contributed by atoms with Gasteiger partial charge in [0.25, 0.3) is 0 Å². The second kappa shape index (κ2) is 7.15. The predicted molar refractivity (Wildman–Crippen MR) is 79.5 cm³/mol. The average Bonchev–Trinajstić information content (AvgIpc) is 2.37. The summed E-state index contributed by atoms with van der Waals surface area (Å²) in [5.74, 6) is -0.204. The van der Waals surface area contributed by atoms with Gasteiger partial charge in [-0.05, 0) is 51.7 Å². The lowest BCUT2D eigenvalue weighted by Crippen LogP contribution is -2.32. The Morgan fingerprint density at radius 2 is 1.70 bits per heavy atom. The summed E-state index contributed by atoms with van der Waals surface area (Å²) in [6.45, 7) is 2.54. The van der Waals surface area contributed by atoms with E-state index in [0.717, 1.165) is 12.1 Å². The highest BCUT2D eigenvalue weighted by atomic mass is 32.2. The number of rotatable bonds is 7. The van der Waals surface area contributed by atoms with E-state index in [9.17, 15) is 12.8 Å². The molecule has 0 fully saturated rings. The molecular formula is C14H23FN2O2S. The molecular weight excluding hydrogens is 279 g/mol. The molecule has 1 atom stereocenters. The first-order valence-electron chi connectivity index (χ1n) is 6.60. The molecule has 0 N–H and O–H groups in total. The van der Waals surface area contributed by atoms with Crippen molar-refractivity contribution >= 4 is 10.0 Å². The van der Waals surface area contributed by atoms with Crippen LogP contribution in [-0.4, -0.2) is 51.1 Å². The van der Waals surface area contributed by atoms with Crippen LogP contribution in [-0.2, 0) is 10.0 Å². The van der Waals surface area contributed by atoms with Gasteiger partial charge in [0.2, 0.25) is 10.0 Å². The summed E-state index contributed by atoms with van der Waals surface area (Å²) < 4.78 is 38.7. The molecule has 0 bridgehead atoms. The van der Waals surface area contributed by atoms with Crippen LogP contribution in [0.15, 0.2) is 24.3 Å². The number of hydrogen-bond donors (Lipinski definition) is 0. The van der Waals surface area contributed by atoms with Crippen LogP contribution in [0.2, 0.25) is 0 Å². The maximum atomic E-state index is 12.9. The van der Waals surface area contributed by atoms with Crippen molar-refractivity contribution in [2.45, 2.75) is 19.4 Å². The smallest absolute Gasteiger partial charge is 0.214 e. The molecule has 1 aromatic rings. The standard InChI is InChI=1S/C14H23FN2O2S/c1-12(13-6-8-14(15)9-7-13)17(4)20(18,19)11-5-10-16(2)3/h6-9,12H,5,10-11H2,1-4H3/t12-/m0/s1. The number of halogens is 1. The minimum atomic E-state index is -3.30. The van der Waals surface area contributed by atoms with Crippen LogP contribution in [0.25, 0.3) is 0 Å². The van der Waals surface area contributed by atoms with Crippen molar-refractivity contribution < 1.29 is 12.8 Å². The Hall–Kier alpha value is -0.980. The molecule has 0 saturated carbocycles. The second-order valence-corrected chi connectivity index (χ2v) is 7.36. The fourth-order valence-corrected chi connectivity index (χ4v) is 3.28. The minimum absolute atomic E-state index is 0.118. The third-order valence-electron chi connectivity index (χ3n) is 3.34. The van der Waals surface area contributed by atoms with Gasteiger partial charge in [-0.25, -0.2) is 12.8 Å². The number of benzene rings is 1. The van der Waals surface area contributed by atoms with Gasteiger partial charge in [-0.1, -0.05) is 12.1 Å². The van der Waals surface area contributed by atoms with Gasteiger partial charge in [0.05, 0.1) is 5.75 Å². The molecule has 0 spiro atoms. The molecule has 0 unspecified atom stereocenters. The second-order valence-electron chi connectivity index (χ2n) is 5.22. The lowest BCUT2D eigenvalue weighted by atomic mass is 10.1. The van der Waals surface area contributed by atoms with E-state index in [4.69, 9.17) is 0 Å². The fraction of sp³-hybridized carbons (Fsp3) is 0.571. The van der Waals surface area contributed by atoms with Crippen LogP contribution in [0.3, 0.4) is 0 Å². The summed E-state index contributed by atoms with van der Waals surface area (Å²) >= 11 is 0. The van der Waals surface area contributed by atoms with Gasteiger partial charge >= 0.3 is 0 Å². The average molecular weight is 302 g/mol. The highest BCUT2D eigenvalue weighted by Crippen LogP contribution is 2.22. The highest BCUT2D eigenvalue weighted by molar-refractivity contribution is 7.89. The number of hydrogen-bond acceptors (Lipinski definition) is 3. The zero-order chi connectivity index (χ0) is 15.3. The Morgan fingerprint density at radius 3 is 2.20 bits per heavy atom. The summed E-state index contributed by atoms with van der Waals surface area (Å²) in [6, 6.07) is 5.62. The highest BCUT2D eigenvalue weighted by Gasteiger charge is 2.23. The Morgan fingerprint density at radius 1 is 1.15 bits per heavy atom. The molecule has 1 aromatic carbocycles. The Balaban J connectivity index is 2.71. The zero-order valence-corrected chi connectivity index (χ0v) is 13.3. The van der Waals surface area contributed by atoms with E-state index in [1.165, 1.54) is 16.4 Å². The van der Waals surface area contributed by atoms with Gasteiger partial charge in [0.1, 0.15) is 5.82 Å². The first-order valence-corrected chi connectivity index (χ1v) is 8.21. The van der Waals surface area contributed by atoms with Gasteiger partial charge in [-0.15, -0.1) is 0 Å². The minimum Gasteiger partial charge on any atom is -0.309 e. The Labute approximate surface area is 121 Å². The third kappa shape index (κ3) is 4.85. The molecule has 0 aliphatic rings. The van der Waals surface area contributed by atoms with E-state index < -0.39 is 10.0 Å². The van der Waals surface area contributed by atoms with Crippen LogP contribution in [0, 0.1) is 5.82 Å². The maximum absolute atomic E-state index is 12.9.